The van der Waals surface area contributed by atoms with Crippen molar-refractivity contribution in [3.8, 4) is 0 Å². The average Bonchev–Trinajstić information content (AvgIpc) is 2.80. The highest BCUT2D eigenvalue weighted by atomic mass is 16.4. The maximum Gasteiger partial charge on any atom is 0.326 e. The topological polar surface area (TPSA) is 277 Å². The lowest BCUT2D eigenvalue weighted by Crippen LogP contribution is -2.57. The number of carboxylic acids is 3. The normalized spacial score (nSPS) is 14.1. The Kier molecular flexibility index (Phi) is 16.4. The third-order valence-corrected chi connectivity index (χ3v) is 5.16. The van der Waals surface area contributed by atoms with E-state index in [9.17, 15) is 33.9 Å². The molecule has 4 atom stereocenters. The zero-order valence-corrected chi connectivity index (χ0v) is 20.1. The van der Waals surface area contributed by atoms with Crippen molar-refractivity contribution in [1.82, 2.24) is 16.0 Å². The van der Waals surface area contributed by atoms with Crippen molar-refractivity contribution >= 4 is 35.6 Å². The maximum atomic E-state index is 13.0. The van der Waals surface area contributed by atoms with Gasteiger partial charge >= 0.3 is 17.9 Å². The molecule has 0 aliphatic rings. The van der Waals surface area contributed by atoms with E-state index in [0.717, 1.165) is 0 Å². The Morgan fingerprint density at radius 3 is 1.44 bits per heavy atom. The van der Waals surface area contributed by atoms with Gasteiger partial charge in [0.15, 0.2) is 0 Å². The first kappa shape index (κ1) is 32.7. The highest BCUT2D eigenvalue weighted by Crippen LogP contribution is 2.07. The standard InChI is InChI=1S/C21H38N6O9/c22-9-3-1-5-13(25-18(32)12(24)7-8-16(28)29)19(33)26-14(6-2-4-10-23)20(34)27-15(21(35)36)11-17(30)31/h12-15H,1-11,22-24H2,(H,25,32)(H,26,33)(H,27,34)(H,28,29)(H,30,31)(H,35,36). The molecular weight excluding hydrogens is 480 g/mol. The van der Waals surface area contributed by atoms with Gasteiger partial charge in [-0.2, -0.15) is 0 Å². The number of carboxylic acid groups (broad SMARTS) is 3. The molecule has 0 spiro atoms. The number of hydrogen-bond acceptors (Lipinski definition) is 9. The average molecular weight is 519 g/mol. The number of nitrogens with two attached hydrogens (primary N) is 3. The van der Waals surface area contributed by atoms with E-state index in [4.69, 9.17) is 27.4 Å². The molecule has 0 aromatic rings. The summed E-state index contributed by atoms with van der Waals surface area (Å²) in [5.41, 5.74) is 16.7. The number of unbranched alkanes of at least 4 members (excludes halogenated alkanes) is 2. The van der Waals surface area contributed by atoms with E-state index in [-0.39, 0.29) is 25.7 Å². The molecule has 3 amide bonds. The lowest BCUT2D eigenvalue weighted by Gasteiger charge is -2.25. The number of carbonyl (C=O) groups excluding carboxylic acids is 3. The van der Waals surface area contributed by atoms with Crippen LogP contribution in [0.4, 0.5) is 0 Å². The summed E-state index contributed by atoms with van der Waals surface area (Å²) in [4.78, 5) is 71.1. The van der Waals surface area contributed by atoms with Crippen LogP contribution in [0.2, 0.25) is 0 Å². The fourth-order valence-corrected chi connectivity index (χ4v) is 3.13. The van der Waals surface area contributed by atoms with Gasteiger partial charge in [0.2, 0.25) is 17.7 Å². The SMILES string of the molecule is NCCCCC(NC(=O)C(N)CCC(=O)O)C(=O)NC(CCCCN)C(=O)NC(CC(=O)O)C(=O)O. The van der Waals surface area contributed by atoms with Crippen LogP contribution >= 0.6 is 0 Å². The monoisotopic (exact) mass is 518 g/mol. The molecule has 0 aromatic heterocycles. The van der Waals surface area contributed by atoms with Crippen molar-refractivity contribution in [2.45, 2.75) is 82.0 Å². The fourth-order valence-electron chi connectivity index (χ4n) is 3.13. The van der Waals surface area contributed by atoms with Gasteiger partial charge in [-0.3, -0.25) is 24.0 Å². The van der Waals surface area contributed by atoms with Crippen molar-refractivity contribution in [3.63, 3.8) is 0 Å². The van der Waals surface area contributed by atoms with Gasteiger partial charge in [-0.15, -0.1) is 0 Å². The molecule has 0 bridgehead atoms. The quantitative estimate of drug-likeness (QED) is 0.0753. The number of hydrogen-bond donors (Lipinski definition) is 9. The van der Waals surface area contributed by atoms with Crippen LogP contribution in [-0.2, 0) is 28.8 Å². The number of nitrogens with one attached hydrogen (secondary N) is 3. The number of amides is 3. The predicted molar refractivity (Wildman–Crippen MR) is 126 cm³/mol. The summed E-state index contributed by atoms with van der Waals surface area (Å²) in [6.45, 7) is 0.649. The lowest BCUT2D eigenvalue weighted by molar-refractivity contribution is -0.147. The Balaban J connectivity index is 5.53. The lowest BCUT2D eigenvalue weighted by atomic mass is 10.0. The van der Waals surface area contributed by atoms with Crippen LogP contribution in [0.15, 0.2) is 0 Å². The van der Waals surface area contributed by atoms with Gasteiger partial charge in [-0.1, -0.05) is 0 Å². The van der Waals surface area contributed by atoms with Crippen LogP contribution in [0.25, 0.3) is 0 Å². The van der Waals surface area contributed by atoms with Crippen LogP contribution in [0.3, 0.4) is 0 Å². The summed E-state index contributed by atoms with van der Waals surface area (Å²) in [6, 6.07) is -5.24. The van der Waals surface area contributed by atoms with Crippen LogP contribution in [0, 0.1) is 0 Å². The zero-order chi connectivity index (χ0) is 27.7. The first-order valence-corrected chi connectivity index (χ1v) is 11.7. The molecular formula is C21H38N6O9. The maximum absolute atomic E-state index is 13.0. The molecule has 0 radical (unpaired) electrons. The van der Waals surface area contributed by atoms with Crippen LogP contribution in [0.5, 0.6) is 0 Å². The summed E-state index contributed by atoms with van der Waals surface area (Å²) >= 11 is 0. The molecule has 0 saturated heterocycles. The highest BCUT2D eigenvalue weighted by molar-refractivity contribution is 5.94. The molecule has 0 fully saturated rings. The second-order valence-electron chi connectivity index (χ2n) is 8.23. The molecule has 0 aliphatic heterocycles. The molecule has 15 heteroatoms. The van der Waals surface area contributed by atoms with E-state index < -0.39 is 66.2 Å². The molecule has 0 aromatic carbocycles. The molecule has 0 rings (SSSR count). The Hall–Kier alpha value is -3.30. The Morgan fingerprint density at radius 1 is 0.611 bits per heavy atom. The van der Waals surface area contributed by atoms with Gasteiger partial charge in [-0.25, -0.2) is 4.79 Å². The van der Waals surface area contributed by atoms with Gasteiger partial charge in [0.25, 0.3) is 0 Å². The zero-order valence-electron chi connectivity index (χ0n) is 20.1. The van der Waals surface area contributed by atoms with Gasteiger partial charge in [0.05, 0.1) is 12.5 Å². The molecule has 36 heavy (non-hydrogen) atoms. The first-order chi connectivity index (χ1) is 16.9. The minimum absolute atomic E-state index is 0.0791. The third kappa shape index (κ3) is 14.2. The van der Waals surface area contributed by atoms with Crippen molar-refractivity contribution in [3.05, 3.63) is 0 Å². The minimum atomic E-state index is -1.71. The first-order valence-electron chi connectivity index (χ1n) is 11.7. The van der Waals surface area contributed by atoms with Crippen LogP contribution in [-0.4, -0.2) is 88.2 Å². The molecule has 0 heterocycles. The van der Waals surface area contributed by atoms with E-state index in [1.54, 1.807) is 0 Å². The van der Waals surface area contributed by atoms with E-state index >= 15 is 0 Å². The third-order valence-electron chi connectivity index (χ3n) is 5.16. The number of carbonyl (C=O) groups is 6. The van der Waals surface area contributed by atoms with Crippen molar-refractivity contribution in [1.29, 1.82) is 0 Å². The second-order valence-corrected chi connectivity index (χ2v) is 8.23. The summed E-state index contributed by atoms with van der Waals surface area (Å²) in [5.74, 6) is -6.53. The molecule has 0 saturated carbocycles. The summed E-state index contributed by atoms with van der Waals surface area (Å²) < 4.78 is 0. The Morgan fingerprint density at radius 2 is 1.06 bits per heavy atom. The molecule has 12 N–H and O–H groups in total. The van der Waals surface area contributed by atoms with Gasteiger partial charge < -0.3 is 48.5 Å². The van der Waals surface area contributed by atoms with Crippen molar-refractivity contribution < 1.29 is 44.1 Å². The largest absolute Gasteiger partial charge is 0.481 e. The van der Waals surface area contributed by atoms with Crippen LogP contribution < -0.4 is 33.2 Å². The van der Waals surface area contributed by atoms with E-state index in [1.807, 2.05) is 0 Å². The molecule has 4 unspecified atom stereocenters. The molecule has 0 aliphatic carbocycles. The summed E-state index contributed by atoms with van der Waals surface area (Å²) in [7, 11) is 0. The van der Waals surface area contributed by atoms with Gasteiger partial charge in [-0.05, 0) is 58.0 Å². The van der Waals surface area contributed by atoms with Gasteiger partial charge in [0, 0.05) is 6.42 Å². The summed E-state index contributed by atoms with van der Waals surface area (Å²) in [5, 5.41) is 33.9. The van der Waals surface area contributed by atoms with Crippen molar-refractivity contribution in [2.24, 2.45) is 17.2 Å². The Labute approximate surface area is 208 Å². The van der Waals surface area contributed by atoms with E-state index in [1.165, 1.54) is 0 Å². The second kappa shape index (κ2) is 18.0. The summed E-state index contributed by atoms with van der Waals surface area (Å²) in [6.07, 6.45) is 0.762. The van der Waals surface area contributed by atoms with E-state index in [2.05, 4.69) is 16.0 Å². The smallest absolute Gasteiger partial charge is 0.326 e. The molecule has 15 nitrogen and oxygen atoms in total. The highest BCUT2D eigenvalue weighted by Gasteiger charge is 2.30. The van der Waals surface area contributed by atoms with Crippen LogP contribution in [0.1, 0.15) is 57.8 Å². The fraction of sp³-hybridized carbons (Fsp3) is 0.714. The number of aliphatic carboxylic acids is 3. The minimum Gasteiger partial charge on any atom is -0.481 e. The predicted octanol–water partition coefficient (Wildman–Crippen LogP) is -2.55. The number of rotatable bonds is 20. The van der Waals surface area contributed by atoms with Crippen molar-refractivity contribution in [2.75, 3.05) is 13.1 Å². The Bertz CT molecular complexity index is 764. The van der Waals surface area contributed by atoms with E-state index in [0.29, 0.717) is 38.8 Å². The molecule has 206 valence electrons. The van der Waals surface area contributed by atoms with Gasteiger partial charge in [0.1, 0.15) is 18.1 Å².